The summed E-state index contributed by atoms with van der Waals surface area (Å²) in [5.74, 6) is 1.06. The van der Waals surface area contributed by atoms with Gasteiger partial charge >= 0.3 is 0 Å². The van der Waals surface area contributed by atoms with Gasteiger partial charge < -0.3 is 4.74 Å². The van der Waals surface area contributed by atoms with Gasteiger partial charge in [-0.25, -0.2) is 4.98 Å². The first kappa shape index (κ1) is 12.9. The van der Waals surface area contributed by atoms with Gasteiger partial charge in [-0.15, -0.1) is 11.6 Å². The number of aryl methyl sites for hydroxylation is 1. The van der Waals surface area contributed by atoms with Crippen molar-refractivity contribution < 1.29 is 4.74 Å². The van der Waals surface area contributed by atoms with Gasteiger partial charge in [0.1, 0.15) is 6.61 Å². The first-order valence-corrected chi connectivity index (χ1v) is 6.43. The van der Waals surface area contributed by atoms with Crippen LogP contribution in [-0.2, 0) is 12.5 Å². The minimum absolute atomic E-state index is 0.421. The monoisotopic (exact) mass is 261 g/mol. The van der Waals surface area contributed by atoms with Crippen molar-refractivity contribution in [3.05, 3.63) is 58.8 Å². The van der Waals surface area contributed by atoms with Crippen molar-refractivity contribution in [1.29, 1.82) is 0 Å². The molecule has 0 amide bonds. The molecule has 2 aromatic rings. The zero-order valence-corrected chi connectivity index (χ0v) is 11.4. The molecule has 0 fully saturated rings. The molecule has 0 aliphatic rings. The van der Waals surface area contributed by atoms with Crippen molar-refractivity contribution in [3.63, 3.8) is 0 Å². The molecule has 3 heteroatoms. The van der Waals surface area contributed by atoms with E-state index in [1.54, 1.807) is 0 Å². The number of pyridine rings is 1. The van der Waals surface area contributed by atoms with Gasteiger partial charge in [0, 0.05) is 11.8 Å². The van der Waals surface area contributed by atoms with E-state index < -0.39 is 0 Å². The van der Waals surface area contributed by atoms with Gasteiger partial charge in [-0.2, -0.15) is 0 Å². The predicted molar refractivity (Wildman–Crippen MR) is 74.0 cm³/mol. The zero-order chi connectivity index (χ0) is 13.0. The second kappa shape index (κ2) is 5.87. The molecular weight excluding hydrogens is 246 g/mol. The fourth-order valence-electron chi connectivity index (χ4n) is 1.74. The third kappa shape index (κ3) is 2.82. The summed E-state index contributed by atoms with van der Waals surface area (Å²) in [7, 11) is 0. The molecule has 1 heterocycles. The van der Waals surface area contributed by atoms with Crippen LogP contribution in [0.3, 0.4) is 0 Å². The quantitative estimate of drug-likeness (QED) is 0.776. The van der Waals surface area contributed by atoms with Crippen molar-refractivity contribution in [2.45, 2.75) is 26.3 Å². The SMILES string of the molecule is Cc1cnc(OCc2ccccc2)c(CCl)c1C. The maximum Gasteiger partial charge on any atom is 0.218 e. The number of rotatable bonds is 4. The van der Waals surface area contributed by atoms with Crippen LogP contribution in [0.4, 0.5) is 0 Å². The molecule has 18 heavy (non-hydrogen) atoms. The molecule has 0 aliphatic heterocycles. The summed E-state index contributed by atoms with van der Waals surface area (Å²) < 4.78 is 5.75. The summed E-state index contributed by atoms with van der Waals surface area (Å²) in [5.41, 5.74) is 4.39. The summed E-state index contributed by atoms with van der Waals surface area (Å²) in [6, 6.07) is 10.0. The fraction of sp³-hybridized carbons (Fsp3) is 0.267. The Morgan fingerprint density at radius 2 is 1.89 bits per heavy atom. The highest BCUT2D eigenvalue weighted by Crippen LogP contribution is 2.24. The molecule has 0 radical (unpaired) electrons. The van der Waals surface area contributed by atoms with Crippen molar-refractivity contribution >= 4 is 11.6 Å². The molecule has 0 atom stereocenters. The number of alkyl halides is 1. The smallest absolute Gasteiger partial charge is 0.218 e. The summed E-state index contributed by atoms with van der Waals surface area (Å²) in [5, 5.41) is 0. The van der Waals surface area contributed by atoms with E-state index in [9.17, 15) is 0 Å². The Hall–Kier alpha value is -1.54. The number of halogens is 1. The van der Waals surface area contributed by atoms with Gasteiger partial charge in [0.05, 0.1) is 5.88 Å². The third-order valence-corrected chi connectivity index (χ3v) is 3.30. The van der Waals surface area contributed by atoms with Crippen LogP contribution in [0.25, 0.3) is 0 Å². The topological polar surface area (TPSA) is 22.1 Å². The van der Waals surface area contributed by atoms with Gasteiger partial charge in [0.15, 0.2) is 0 Å². The first-order chi connectivity index (χ1) is 8.72. The second-order valence-corrected chi connectivity index (χ2v) is 4.53. The summed E-state index contributed by atoms with van der Waals surface area (Å²) >= 11 is 5.97. The van der Waals surface area contributed by atoms with Crippen LogP contribution in [0, 0.1) is 13.8 Å². The van der Waals surface area contributed by atoms with Crippen LogP contribution in [0.2, 0.25) is 0 Å². The Kier molecular flexibility index (Phi) is 4.21. The average molecular weight is 262 g/mol. The number of aromatic nitrogens is 1. The molecule has 0 spiro atoms. The number of hydrogen-bond donors (Lipinski definition) is 0. The number of hydrogen-bond acceptors (Lipinski definition) is 2. The van der Waals surface area contributed by atoms with Gasteiger partial charge in [0.2, 0.25) is 5.88 Å². The number of ether oxygens (including phenoxy) is 1. The Labute approximate surface area is 113 Å². The lowest BCUT2D eigenvalue weighted by Crippen LogP contribution is -2.02. The Morgan fingerprint density at radius 1 is 1.17 bits per heavy atom. The molecule has 2 rings (SSSR count). The van der Waals surface area contributed by atoms with E-state index in [1.807, 2.05) is 50.4 Å². The predicted octanol–water partition coefficient (Wildman–Crippen LogP) is 4.02. The van der Waals surface area contributed by atoms with E-state index in [0.717, 1.165) is 22.3 Å². The van der Waals surface area contributed by atoms with Crippen LogP contribution >= 0.6 is 11.6 Å². The maximum atomic E-state index is 5.97. The first-order valence-electron chi connectivity index (χ1n) is 5.90. The van der Waals surface area contributed by atoms with Crippen molar-refractivity contribution in [2.24, 2.45) is 0 Å². The second-order valence-electron chi connectivity index (χ2n) is 4.26. The van der Waals surface area contributed by atoms with Crippen molar-refractivity contribution in [3.8, 4) is 5.88 Å². The molecule has 0 N–H and O–H groups in total. The summed E-state index contributed by atoms with van der Waals surface area (Å²) in [6.45, 7) is 4.59. The van der Waals surface area contributed by atoms with Crippen LogP contribution in [0.1, 0.15) is 22.3 Å². The highest BCUT2D eigenvalue weighted by molar-refractivity contribution is 6.17. The minimum atomic E-state index is 0.421. The van der Waals surface area contributed by atoms with Crippen molar-refractivity contribution in [2.75, 3.05) is 0 Å². The zero-order valence-electron chi connectivity index (χ0n) is 10.6. The standard InChI is InChI=1S/C15H16ClNO/c1-11-9-17-15(14(8-16)12(11)2)18-10-13-6-4-3-5-7-13/h3-7,9H,8,10H2,1-2H3. The van der Waals surface area contributed by atoms with Gasteiger partial charge in [-0.3, -0.25) is 0 Å². The highest BCUT2D eigenvalue weighted by Gasteiger charge is 2.10. The van der Waals surface area contributed by atoms with E-state index in [1.165, 1.54) is 0 Å². The Balaban J connectivity index is 2.17. The van der Waals surface area contributed by atoms with Gasteiger partial charge in [0.25, 0.3) is 0 Å². The largest absolute Gasteiger partial charge is 0.473 e. The molecule has 0 saturated heterocycles. The molecule has 0 aliphatic carbocycles. The summed E-state index contributed by atoms with van der Waals surface area (Å²) in [6.07, 6.45) is 1.83. The fourth-order valence-corrected chi connectivity index (χ4v) is 2.05. The maximum absolute atomic E-state index is 5.97. The molecule has 2 nitrogen and oxygen atoms in total. The van der Waals surface area contributed by atoms with E-state index in [2.05, 4.69) is 4.98 Å². The lowest BCUT2D eigenvalue weighted by atomic mass is 10.1. The molecule has 0 saturated carbocycles. The van der Waals surface area contributed by atoms with Crippen molar-refractivity contribution in [1.82, 2.24) is 4.98 Å². The Bertz CT molecular complexity index is 526. The van der Waals surface area contributed by atoms with Crippen LogP contribution in [-0.4, -0.2) is 4.98 Å². The lowest BCUT2D eigenvalue weighted by Gasteiger charge is -2.12. The summed E-state index contributed by atoms with van der Waals surface area (Å²) in [4.78, 5) is 4.32. The van der Waals surface area contributed by atoms with Crippen LogP contribution < -0.4 is 4.74 Å². The van der Waals surface area contributed by atoms with E-state index >= 15 is 0 Å². The van der Waals surface area contributed by atoms with Gasteiger partial charge in [-0.05, 0) is 30.5 Å². The number of nitrogens with zero attached hydrogens (tertiary/aromatic N) is 1. The normalized spacial score (nSPS) is 10.4. The lowest BCUT2D eigenvalue weighted by molar-refractivity contribution is 0.291. The molecule has 1 aromatic carbocycles. The molecule has 94 valence electrons. The van der Waals surface area contributed by atoms with E-state index in [-0.39, 0.29) is 0 Å². The molecule has 0 unspecified atom stereocenters. The van der Waals surface area contributed by atoms with E-state index in [4.69, 9.17) is 16.3 Å². The van der Waals surface area contributed by atoms with Crippen LogP contribution in [0.15, 0.2) is 36.5 Å². The molecule has 1 aromatic heterocycles. The third-order valence-electron chi connectivity index (χ3n) is 3.03. The Morgan fingerprint density at radius 3 is 2.56 bits per heavy atom. The molecular formula is C15H16ClNO. The van der Waals surface area contributed by atoms with Gasteiger partial charge in [-0.1, -0.05) is 30.3 Å². The number of benzene rings is 1. The minimum Gasteiger partial charge on any atom is -0.473 e. The molecule has 0 bridgehead atoms. The van der Waals surface area contributed by atoms with Crippen LogP contribution in [0.5, 0.6) is 5.88 Å². The average Bonchev–Trinajstić information content (AvgIpc) is 2.41. The van der Waals surface area contributed by atoms with E-state index in [0.29, 0.717) is 18.4 Å². The highest BCUT2D eigenvalue weighted by atomic mass is 35.5.